The Hall–Kier alpha value is -2.67. The van der Waals surface area contributed by atoms with Crippen LogP contribution in [-0.2, 0) is 9.59 Å². The van der Waals surface area contributed by atoms with Crippen molar-refractivity contribution in [2.75, 3.05) is 11.9 Å². The Kier molecular flexibility index (Phi) is 5.91. The molecular weight excluding hydrogens is 344 g/mol. The minimum atomic E-state index is -0.942. The summed E-state index contributed by atoms with van der Waals surface area (Å²) in [4.78, 5) is 23.8. The van der Waals surface area contributed by atoms with Crippen LogP contribution in [0.15, 0.2) is 36.4 Å². The molecule has 3 N–H and O–H groups in total. The van der Waals surface area contributed by atoms with Crippen LogP contribution < -0.4 is 10.6 Å². The van der Waals surface area contributed by atoms with E-state index in [1.54, 1.807) is 4.68 Å². The summed E-state index contributed by atoms with van der Waals surface area (Å²) in [5.41, 5.74) is 1.85. The largest absolute Gasteiger partial charge is 0.480 e. The van der Waals surface area contributed by atoms with E-state index in [4.69, 9.17) is 0 Å². The normalized spacial score (nSPS) is 15.9. The number of rotatable bonds is 9. The van der Waals surface area contributed by atoms with E-state index in [-0.39, 0.29) is 18.4 Å². The van der Waals surface area contributed by atoms with E-state index in [0.29, 0.717) is 11.7 Å². The van der Waals surface area contributed by atoms with Crippen molar-refractivity contribution in [3.63, 3.8) is 0 Å². The number of hydrogen-bond acceptors (Lipinski definition) is 4. The van der Waals surface area contributed by atoms with Crippen molar-refractivity contribution < 1.29 is 14.7 Å². The lowest BCUT2D eigenvalue weighted by Gasteiger charge is -2.19. The summed E-state index contributed by atoms with van der Waals surface area (Å²) in [5.74, 6) is -0.228. The number of nitrogens with zero attached hydrogens (tertiary/aromatic N) is 2. The van der Waals surface area contributed by atoms with Crippen LogP contribution in [0.5, 0.6) is 0 Å². The maximum Gasteiger partial charge on any atom is 0.320 e. The summed E-state index contributed by atoms with van der Waals surface area (Å²) in [6.45, 7) is 3.72. The molecule has 0 radical (unpaired) electrons. The molecule has 0 bridgehead atoms. The van der Waals surface area contributed by atoms with Gasteiger partial charge in [0, 0.05) is 12.0 Å². The number of benzene rings is 1. The number of carboxylic acid groups (broad SMARTS) is 1. The third-order valence-corrected chi connectivity index (χ3v) is 4.95. The molecule has 7 heteroatoms. The minimum absolute atomic E-state index is 0.0633. The van der Waals surface area contributed by atoms with Crippen molar-refractivity contribution >= 4 is 17.7 Å². The molecule has 3 rings (SSSR count). The molecule has 7 nitrogen and oxygen atoms in total. The first-order valence-corrected chi connectivity index (χ1v) is 9.41. The standard InChI is InChI=1S/C20H26N4O3/c1-3-13(2)19(20(26)27)21-12-18(25)22-17-11-16(14-9-10-14)23-24(17)15-7-5-4-6-8-15/h4-8,11,13-14,19,21H,3,9-10,12H2,1-2H3,(H,22,25)(H,26,27)/t13-,19-/m0/s1. The van der Waals surface area contributed by atoms with E-state index in [0.717, 1.165) is 30.6 Å². The first kappa shape index (κ1) is 19.1. The van der Waals surface area contributed by atoms with Gasteiger partial charge < -0.3 is 10.4 Å². The fourth-order valence-electron chi connectivity index (χ4n) is 2.99. The second kappa shape index (κ2) is 8.35. The summed E-state index contributed by atoms with van der Waals surface area (Å²) in [7, 11) is 0. The molecule has 1 aromatic heterocycles. The maximum atomic E-state index is 12.4. The molecule has 1 heterocycles. The Labute approximate surface area is 158 Å². The zero-order valence-electron chi connectivity index (χ0n) is 15.7. The predicted octanol–water partition coefficient (Wildman–Crippen LogP) is 2.78. The number of anilines is 1. The highest BCUT2D eigenvalue weighted by Gasteiger charge is 2.28. The lowest BCUT2D eigenvalue weighted by Crippen LogP contribution is -2.45. The first-order chi connectivity index (χ1) is 13.0. The van der Waals surface area contributed by atoms with Crippen molar-refractivity contribution in [3.8, 4) is 5.69 Å². The smallest absolute Gasteiger partial charge is 0.320 e. The molecule has 1 aromatic carbocycles. The van der Waals surface area contributed by atoms with Gasteiger partial charge in [0.2, 0.25) is 5.91 Å². The third-order valence-electron chi connectivity index (χ3n) is 4.95. The van der Waals surface area contributed by atoms with Crippen molar-refractivity contribution in [1.29, 1.82) is 0 Å². The molecular formula is C20H26N4O3. The number of amides is 1. The maximum absolute atomic E-state index is 12.4. The number of nitrogens with one attached hydrogen (secondary N) is 2. The van der Waals surface area contributed by atoms with Crippen molar-refractivity contribution in [2.24, 2.45) is 5.92 Å². The Balaban J connectivity index is 1.71. The number of aromatic nitrogens is 2. The Bertz CT molecular complexity index is 799. The second-order valence-electron chi connectivity index (χ2n) is 7.11. The van der Waals surface area contributed by atoms with Gasteiger partial charge in [0.05, 0.1) is 17.9 Å². The van der Waals surface area contributed by atoms with Crippen LogP contribution in [0, 0.1) is 5.92 Å². The highest BCUT2D eigenvalue weighted by Crippen LogP contribution is 2.40. The number of aliphatic carboxylic acids is 1. The molecule has 0 spiro atoms. The van der Waals surface area contributed by atoms with Crippen LogP contribution >= 0.6 is 0 Å². The van der Waals surface area contributed by atoms with Crippen molar-refractivity contribution in [1.82, 2.24) is 15.1 Å². The molecule has 1 saturated carbocycles. The van der Waals surface area contributed by atoms with E-state index in [1.807, 2.05) is 50.2 Å². The van der Waals surface area contributed by atoms with E-state index < -0.39 is 12.0 Å². The van der Waals surface area contributed by atoms with Crippen LogP contribution in [0.3, 0.4) is 0 Å². The van der Waals surface area contributed by atoms with Crippen molar-refractivity contribution in [2.45, 2.75) is 45.1 Å². The Morgan fingerprint density at radius 3 is 2.59 bits per heavy atom. The molecule has 1 aliphatic carbocycles. The molecule has 1 aliphatic rings. The quantitative estimate of drug-likeness (QED) is 0.631. The third kappa shape index (κ3) is 4.74. The fraction of sp³-hybridized carbons (Fsp3) is 0.450. The molecule has 2 atom stereocenters. The SMILES string of the molecule is CC[C@H](C)[C@H](NCC(=O)Nc1cc(C2CC2)nn1-c1ccccc1)C(=O)O. The molecule has 144 valence electrons. The number of para-hydroxylation sites is 1. The summed E-state index contributed by atoms with van der Waals surface area (Å²) in [6, 6.07) is 10.8. The van der Waals surface area contributed by atoms with Gasteiger partial charge in [-0.2, -0.15) is 5.10 Å². The predicted molar refractivity (Wildman–Crippen MR) is 103 cm³/mol. The molecule has 0 aliphatic heterocycles. The van der Waals surface area contributed by atoms with Gasteiger partial charge in [0.15, 0.2) is 0 Å². The van der Waals surface area contributed by atoms with Crippen LogP contribution in [0.4, 0.5) is 5.82 Å². The molecule has 27 heavy (non-hydrogen) atoms. The molecule has 0 unspecified atom stereocenters. The number of carboxylic acids is 1. The van der Waals surface area contributed by atoms with Gasteiger partial charge in [0.1, 0.15) is 11.9 Å². The summed E-state index contributed by atoms with van der Waals surface area (Å²) in [5, 5.41) is 19.7. The number of carbonyl (C=O) groups excluding carboxylic acids is 1. The van der Waals surface area contributed by atoms with Gasteiger partial charge in [-0.05, 0) is 30.9 Å². The van der Waals surface area contributed by atoms with Gasteiger partial charge in [-0.15, -0.1) is 0 Å². The number of carbonyl (C=O) groups is 2. The first-order valence-electron chi connectivity index (χ1n) is 9.41. The minimum Gasteiger partial charge on any atom is -0.480 e. The van der Waals surface area contributed by atoms with Gasteiger partial charge in [-0.25, -0.2) is 4.68 Å². The van der Waals surface area contributed by atoms with Gasteiger partial charge in [-0.3, -0.25) is 14.9 Å². The molecule has 1 amide bonds. The van der Waals surface area contributed by atoms with E-state index in [2.05, 4.69) is 15.7 Å². The lowest BCUT2D eigenvalue weighted by atomic mass is 9.99. The van der Waals surface area contributed by atoms with Gasteiger partial charge in [-0.1, -0.05) is 38.5 Å². The summed E-state index contributed by atoms with van der Waals surface area (Å²) < 4.78 is 1.73. The van der Waals surface area contributed by atoms with Crippen LogP contribution in [0.25, 0.3) is 5.69 Å². The summed E-state index contributed by atoms with van der Waals surface area (Å²) >= 11 is 0. The highest BCUT2D eigenvalue weighted by atomic mass is 16.4. The van der Waals surface area contributed by atoms with Crippen LogP contribution in [-0.4, -0.2) is 39.4 Å². The second-order valence-corrected chi connectivity index (χ2v) is 7.11. The van der Waals surface area contributed by atoms with Crippen LogP contribution in [0.1, 0.15) is 44.7 Å². The summed E-state index contributed by atoms with van der Waals surface area (Å²) in [6.07, 6.45) is 2.96. The fourth-order valence-corrected chi connectivity index (χ4v) is 2.99. The zero-order chi connectivity index (χ0) is 19.4. The molecule has 2 aromatic rings. The lowest BCUT2D eigenvalue weighted by molar-refractivity contribution is -0.140. The van der Waals surface area contributed by atoms with Crippen LogP contribution in [0.2, 0.25) is 0 Å². The van der Waals surface area contributed by atoms with Crippen molar-refractivity contribution in [3.05, 3.63) is 42.1 Å². The van der Waals surface area contributed by atoms with Gasteiger partial charge in [0.25, 0.3) is 0 Å². The number of hydrogen-bond donors (Lipinski definition) is 3. The van der Waals surface area contributed by atoms with E-state index >= 15 is 0 Å². The Morgan fingerprint density at radius 2 is 2.00 bits per heavy atom. The molecule has 1 fully saturated rings. The average Bonchev–Trinajstić information content (AvgIpc) is 3.43. The van der Waals surface area contributed by atoms with E-state index in [9.17, 15) is 14.7 Å². The van der Waals surface area contributed by atoms with Gasteiger partial charge >= 0.3 is 5.97 Å². The monoisotopic (exact) mass is 370 g/mol. The topological polar surface area (TPSA) is 96.3 Å². The zero-order valence-corrected chi connectivity index (χ0v) is 15.7. The van der Waals surface area contributed by atoms with E-state index in [1.165, 1.54) is 0 Å². The highest BCUT2D eigenvalue weighted by molar-refractivity contribution is 5.92. The average molecular weight is 370 g/mol. The molecule has 0 saturated heterocycles. The Morgan fingerprint density at radius 1 is 1.30 bits per heavy atom.